The first-order valence-electron chi connectivity index (χ1n) is 4.50. The van der Waals surface area contributed by atoms with Crippen molar-refractivity contribution >= 4 is 40.5 Å². The Morgan fingerprint density at radius 3 is 1.78 bits per heavy atom. The van der Waals surface area contributed by atoms with Gasteiger partial charge in [0.25, 0.3) is 5.78 Å². The van der Waals surface area contributed by atoms with Crippen LogP contribution in [0.3, 0.4) is 0 Å². The Labute approximate surface area is 110 Å². The molecule has 0 saturated heterocycles. The molecule has 0 radical (unpaired) electrons. The van der Waals surface area contributed by atoms with E-state index in [1.807, 2.05) is 0 Å². The van der Waals surface area contributed by atoms with Gasteiger partial charge in [0.05, 0.1) is 11.1 Å². The van der Waals surface area contributed by atoms with Crippen LogP contribution < -0.4 is 5.73 Å². The quantitative estimate of drug-likeness (QED) is 0.423. The summed E-state index contributed by atoms with van der Waals surface area (Å²) < 4.78 is 0. The van der Waals surface area contributed by atoms with Crippen molar-refractivity contribution in [2.24, 2.45) is 5.73 Å². The number of aromatic hydroxyl groups is 2. The Morgan fingerprint density at radius 2 is 1.28 bits per heavy atom. The highest BCUT2D eigenvalue weighted by atomic mass is 35.5. The number of nitrogens with two attached hydrogens (primary N) is 1. The number of phenols is 2. The molecule has 2 rings (SSSR count). The zero-order valence-corrected chi connectivity index (χ0v) is 10.0. The summed E-state index contributed by atoms with van der Waals surface area (Å²) in [7, 11) is 0. The zero-order chi connectivity index (χ0) is 13.8. The van der Waals surface area contributed by atoms with E-state index < -0.39 is 55.7 Å². The largest absolute Gasteiger partial charge is 0.506 e. The molecular formula is C10H5Cl2NO5. The fraction of sp³-hybridized carbons (Fsp3) is 0. The Kier molecular flexibility index (Phi) is 2.64. The zero-order valence-electron chi connectivity index (χ0n) is 8.49. The van der Waals surface area contributed by atoms with Gasteiger partial charge in [-0.05, 0) is 0 Å². The summed E-state index contributed by atoms with van der Waals surface area (Å²) >= 11 is 11.2. The molecule has 0 aromatic heterocycles. The van der Waals surface area contributed by atoms with Crippen LogP contribution in [0.25, 0.3) is 5.76 Å². The van der Waals surface area contributed by atoms with Crippen LogP contribution in [0.2, 0.25) is 10.0 Å². The number of rotatable bonds is 0. The van der Waals surface area contributed by atoms with Gasteiger partial charge in [-0.25, -0.2) is 0 Å². The summed E-state index contributed by atoms with van der Waals surface area (Å²) in [5.41, 5.74) is 3.35. The number of carbonyl (C=O) groups excluding carboxylic acids is 2. The van der Waals surface area contributed by atoms with Crippen LogP contribution in [-0.4, -0.2) is 26.9 Å². The third-order valence-corrected chi connectivity index (χ3v) is 3.33. The minimum atomic E-state index is -1.20. The van der Waals surface area contributed by atoms with Crippen LogP contribution in [0.15, 0.2) is 5.70 Å². The molecule has 0 saturated carbocycles. The lowest BCUT2D eigenvalue weighted by atomic mass is 9.90. The molecule has 94 valence electrons. The average molecular weight is 290 g/mol. The van der Waals surface area contributed by atoms with Crippen molar-refractivity contribution in [3.05, 3.63) is 26.9 Å². The van der Waals surface area contributed by atoms with E-state index in [1.54, 1.807) is 0 Å². The van der Waals surface area contributed by atoms with Gasteiger partial charge in [0.15, 0.2) is 5.76 Å². The predicted molar refractivity (Wildman–Crippen MR) is 62.9 cm³/mol. The molecular weight excluding hydrogens is 285 g/mol. The molecule has 0 heterocycles. The van der Waals surface area contributed by atoms with Crippen LogP contribution in [-0.2, 0) is 4.79 Å². The number of phenolic OH excluding ortho intramolecular Hbond substituents is 2. The number of benzene rings is 1. The van der Waals surface area contributed by atoms with Gasteiger partial charge >= 0.3 is 0 Å². The van der Waals surface area contributed by atoms with Crippen LogP contribution in [0.5, 0.6) is 11.5 Å². The van der Waals surface area contributed by atoms with E-state index in [4.69, 9.17) is 28.9 Å². The molecule has 8 heteroatoms. The van der Waals surface area contributed by atoms with E-state index in [1.165, 1.54) is 0 Å². The normalized spacial score (nSPS) is 15.0. The molecule has 1 aliphatic carbocycles. The van der Waals surface area contributed by atoms with Gasteiger partial charge < -0.3 is 21.1 Å². The smallest absolute Gasteiger partial charge is 0.253 e. The molecule has 6 nitrogen and oxygen atoms in total. The Balaban J connectivity index is 3.01. The number of aliphatic hydroxyl groups excluding tert-OH is 1. The van der Waals surface area contributed by atoms with Gasteiger partial charge in [0, 0.05) is 0 Å². The molecule has 0 amide bonds. The van der Waals surface area contributed by atoms with E-state index in [0.717, 1.165) is 0 Å². The number of carbonyl (C=O) groups is 2. The summed E-state index contributed by atoms with van der Waals surface area (Å²) in [4.78, 5) is 23.1. The van der Waals surface area contributed by atoms with Crippen molar-refractivity contribution in [2.45, 2.75) is 0 Å². The number of Topliss-reactive ketones (excluding diaryl/α,β-unsaturated/α-hetero) is 2. The van der Waals surface area contributed by atoms with Crippen molar-refractivity contribution in [1.82, 2.24) is 0 Å². The molecule has 0 atom stereocenters. The highest BCUT2D eigenvalue weighted by Gasteiger charge is 2.38. The van der Waals surface area contributed by atoms with Crippen LogP contribution in [0.1, 0.15) is 15.9 Å². The number of hydrogen-bond acceptors (Lipinski definition) is 6. The molecule has 5 N–H and O–H groups in total. The molecule has 0 spiro atoms. The first-order valence-corrected chi connectivity index (χ1v) is 5.25. The van der Waals surface area contributed by atoms with Crippen molar-refractivity contribution < 1.29 is 24.9 Å². The molecule has 0 bridgehead atoms. The van der Waals surface area contributed by atoms with Crippen molar-refractivity contribution in [1.29, 1.82) is 0 Å². The maximum absolute atomic E-state index is 11.7. The van der Waals surface area contributed by atoms with Gasteiger partial charge in [-0.2, -0.15) is 0 Å². The molecule has 0 unspecified atom stereocenters. The Bertz CT molecular complexity index is 650. The lowest BCUT2D eigenvalue weighted by molar-refractivity contribution is -0.112. The maximum atomic E-state index is 11.7. The van der Waals surface area contributed by atoms with Gasteiger partial charge in [0.2, 0.25) is 5.78 Å². The third kappa shape index (κ3) is 1.36. The fourth-order valence-electron chi connectivity index (χ4n) is 1.59. The predicted octanol–water partition coefficient (Wildman–Crippen LogP) is 1.36. The maximum Gasteiger partial charge on any atom is 0.253 e. The first kappa shape index (κ1) is 12.5. The average Bonchev–Trinajstić information content (AvgIpc) is 2.35. The van der Waals surface area contributed by atoms with Gasteiger partial charge in [-0.1, -0.05) is 23.2 Å². The third-order valence-electron chi connectivity index (χ3n) is 2.50. The minimum Gasteiger partial charge on any atom is -0.506 e. The second-order valence-electron chi connectivity index (χ2n) is 3.50. The molecule has 0 aliphatic heterocycles. The number of halogens is 2. The van der Waals surface area contributed by atoms with E-state index in [2.05, 4.69) is 0 Å². The summed E-state index contributed by atoms with van der Waals surface area (Å²) in [5, 5.41) is 28.1. The molecule has 0 fully saturated rings. The lowest BCUT2D eigenvalue weighted by Crippen LogP contribution is -2.28. The van der Waals surface area contributed by atoms with Crippen molar-refractivity contribution in [3.8, 4) is 11.5 Å². The monoisotopic (exact) mass is 289 g/mol. The second-order valence-corrected chi connectivity index (χ2v) is 4.25. The summed E-state index contributed by atoms with van der Waals surface area (Å²) in [5.74, 6) is -4.76. The molecule has 1 aromatic carbocycles. The number of allylic oxidation sites excluding steroid dienone is 1. The fourth-order valence-corrected chi connectivity index (χ4v) is 1.96. The first-order chi connectivity index (χ1) is 8.29. The highest BCUT2D eigenvalue weighted by molar-refractivity contribution is 6.54. The Morgan fingerprint density at radius 1 is 0.833 bits per heavy atom. The number of aliphatic hydroxyl groups is 1. The topological polar surface area (TPSA) is 121 Å². The van der Waals surface area contributed by atoms with E-state index in [9.17, 15) is 24.9 Å². The van der Waals surface area contributed by atoms with Crippen LogP contribution in [0.4, 0.5) is 0 Å². The summed E-state index contributed by atoms with van der Waals surface area (Å²) in [6.45, 7) is 0. The number of ketones is 2. The van der Waals surface area contributed by atoms with E-state index in [0.29, 0.717) is 0 Å². The van der Waals surface area contributed by atoms with Crippen molar-refractivity contribution in [2.75, 3.05) is 0 Å². The summed E-state index contributed by atoms with van der Waals surface area (Å²) in [6.07, 6.45) is 0. The Hall–Kier alpha value is -1.92. The highest BCUT2D eigenvalue weighted by Crippen LogP contribution is 2.47. The standard InChI is InChI=1S/C10H5Cl2NO5/c11-3-4(12)7(15)2-1(6(3)14)8(16)5(13)10(18)9(2)17/h14-16H,13H2. The second kappa shape index (κ2) is 3.79. The molecule has 1 aromatic rings. The van der Waals surface area contributed by atoms with Gasteiger partial charge in [-0.15, -0.1) is 0 Å². The van der Waals surface area contributed by atoms with Crippen molar-refractivity contribution in [3.63, 3.8) is 0 Å². The number of hydrogen-bond donors (Lipinski definition) is 4. The minimum absolute atomic E-state index is 0.464. The van der Waals surface area contributed by atoms with Gasteiger partial charge in [0.1, 0.15) is 27.2 Å². The van der Waals surface area contributed by atoms with E-state index >= 15 is 0 Å². The molecule has 18 heavy (non-hydrogen) atoms. The lowest BCUT2D eigenvalue weighted by Gasteiger charge is -2.19. The van der Waals surface area contributed by atoms with Gasteiger partial charge in [-0.3, -0.25) is 9.59 Å². The van der Waals surface area contributed by atoms with Crippen LogP contribution in [0, 0.1) is 0 Å². The number of fused-ring (bicyclic) bond motifs is 1. The van der Waals surface area contributed by atoms with E-state index in [-0.39, 0.29) is 0 Å². The SMILES string of the molecule is NC1=C(O)c2c(O)c(Cl)c(Cl)c(O)c2C(=O)C1=O. The summed E-state index contributed by atoms with van der Waals surface area (Å²) in [6, 6.07) is 0. The van der Waals surface area contributed by atoms with Crippen LogP contribution >= 0.6 is 23.2 Å². The molecule has 1 aliphatic rings.